The van der Waals surface area contributed by atoms with Gasteiger partial charge in [0.05, 0.1) is 6.61 Å². The molecular formula is C23H27NO3. The summed E-state index contributed by atoms with van der Waals surface area (Å²) < 4.78 is 11.6. The van der Waals surface area contributed by atoms with Crippen LogP contribution in [0.3, 0.4) is 0 Å². The number of nitrogens with one attached hydrogen (secondary N) is 1. The summed E-state index contributed by atoms with van der Waals surface area (Å²) in [6, 6.07) is 10.0. The van der Waals surface area contributed by atoms with Gasteiger partial charge in [0, 0.05) is 29.3 Å². The van der Waals surface area contributed by atoms with Crippen molar-refractivity contribution in [2.75, 3.05) is 11.9 Å². The summed E-state index contributed by atoms with van der Waals surface area (Å²) in [7, 11) is 0. The fourth-order valence-corrected chi connectivity index (χ4v) is 3.40. The first kappa shape index (κ1) is 19.0. The summed E-state index contributed by atoms with van der Waals surface area (Å²) in [6.07, 6.45) is 5.26. The average molecular weight is 365 g/mol. The van der Waals surface area contributed by atoms with E-state index in [0.717, 1.165) is 52.3 Å². The molecule has 0 aliphatic carbocycles. The molecule has 1 heterocycles. The Labute approximate surface area is 161 Å². The van der Waals surface area contributed by atoms with Crippen molar-refractivity contribution in [2.24, 2.45) is 0 Å². The van der Waals surface area contributed by atoms with E-state index in [4.69, 9.17) is 9.47 Å². The van der Waals surface area contributed by atoms with E-state index in [0.29, 0.717) is 6.61 Å². The van der Waals surface area contributed by atoms with Gasteiger partial charge in [-0.3, -0.25) is 4.79 Å². The second-order valence-corrected chi connectivity index (χ2v) is 6.85. The van der Waals surface area contributed by atoms with E-state index in [1.165, 1.54) is 0 Å². The number of rotatable bonds is 6. The number of carbonyl (C=O) groups excluding carboxylic acids is 1. The molecule has 2 aromatic carbocycles. The van der Waals surface area contributed by atoms with E-state index in [2.05, 4.69) is 19.2 Å². The summed E-state index contributed by atoms with van der Waals surface area (Å²) in [5.41, 5.74) is 5.09. The summed E-state index contributed by atoms with van der Waals surface area (Å²) in [4.78, 5) is 12.5. The third-order valence-electron chi connectivity index (χ3n) is 4.73. The Hall–Kier alpha value is -2.75. The molecule has 2 aromatic rings. The average Bonchev–Trinajstić information content (AvgIpc) is 3.00. The fraction of sp³-hybridized carbons (Fsp3) is 0.348. The lowest BCUT2D eigenvalue weighted by Gasteiger charge is -2.12. The minimum Gasteiger partial charge on any atom is -0.493 e. The zero-order valence-corrected chi connectivity index (χ0v) is 16.5. The molecule has 1 aliphatic heterocycles. The lowest BCUT2D eigenvalue weighted by Crippen LogP contribution is -2.11. The zero-order valence-electron chi connectivity index (χ0n) is 16.5. The van der Waals surface area contributed by atoms with Gasteiger partial charge >= 0.3 is 0 Å². The summed E-state index contributed by atoms with van der Waals surface area (Å²) in [5, 5.41) is 3.01. The Kier molecular flexibility index (Phi) is 5.84. The lowest BCUT2D eigenvalue weighted by molar-refractivity contribution is -0.111. The second-order valence-electron chi connectivity index (χ2n) is 6.85. The molecule has 142 valence electrons. The van der Waals surface area contributed by atoms with Crippen molar-refractivity contribution in [1.29, 1.82) is 0 Å². The number of fused-ring (bicyclic) bond motifs is 1. The molecule has 4 nitrogen and oxygen atoms in total. The number of amides is 1. The standard InChI is InChI=1S/C23H27NO3/c1-5-17-9-7-8-15(3)23(17)24-22(25)11-10-18-13-21-19(12-16(4)27-21)14-20(18)26-6-2/h7-11,13-14,16H,5-6,12H2,1-4H3,(H,24,25)/b11-10+/t16-/m1/s1. The number of benzene rings is 2. The maximum absolute atomic E-state index is 12.5. The van der Waals surface area contributed by atoms with Crippen LogP contribution >= 0.6 is 0 Å². The van der Waals surface area contributed by atoms with Gasteiger partial charge in [-0.2, -0.15) is 0 Å². The first-order chi connectivity index (χ1) is 13.0. The molecule has 0 radical (unpaired) electrons. The van der Waals surface area contributed by atoms with Gasteiger partial charge in [0.1, 0.15) is 17.6 Å². The van der Waals surface area contributed by atoms with Crippen molar-refractivity contribution in [1.82, 2.24) is 0 Å². The molecule has 0 bridgehead atoms. The molecule has 0 unspecified atom stereocenters. The van der Waals surface area contributed by atoms with Crippen LogP contribution in [0.2, 0.25) is 0 Å². The minimum absolute atomic E-state index is 0.156. The van der Waals surface area contributed by atoms with Crippen molar-refractivity contribution in [3.05, 3.63) is 58.7 Å². The third kappa shape index (κ3) is 4.33. The van der Waals surface area contributed by atoms with Gasteiger partial charge in [0.2, 0.25) is 5.91 Å². The monoisotopic (exact) mass is 365 g/mol. The van der Waals surface area contributed by atoms with Gasteiger partial charge < -0.3 is 14.8 Å². The Balaban J connectivity index is 1.82. The molecule has 0 saturated carbocycles. The molecule has 0 aromatic heterocycles. The molecule has 0 fully saturated rings. The van der Waals surface area contributed by atoms with Crippen molar-refractivity contribution >= 4 is 17.7 Å². The molecule has 1 amide bonds. The number of para-hydroxylation sites is 1. The predicted molar refractivity (Wildman–Crippen MR) is 110 cm³/mol. The maximum atomic E-state index is 12.5. The van der Waals surface area contributed by atoms with E-state index >= 15 is 0 Å². The van der Waals surface area contributed by atoms with E-state index in [-0.39, 0.29) is 12.0 Å². The molecule has 4 heteroatoms. The molecule has 3 rings (SSSR count). The van der Waals surface area contributed by atoms with Gasteiger partial charge in [0.15, 0.2) is 0 Å². The number of anilines is 1. The molecule has 0 spiro atoms. The highest BCUT2D eigenvalue weighted by molar-refractivity contribution is 6.03. The quantitative estimate of drug-likeness (QED) is 0.738. The molecule has 0 saturated heterocycles. The first-order valence-corrected chi connectivity index (χ1v) is 9.55. The van der Waals surface area contributed by atoms with Crippen LogP contribution in [-0.4, -0.2) is 18.6 Å². The Bertz CT molecular complexity index is 870. The number of carbonyl (C=O) groups is 1. The third-order valence-corrected chi connectivity index (χ3v) is 4.73. The Morgan fingerprint density at radius 1 is 1.33 bits per heavy atom. The Morgan fingerprint density at radius 2 is 2.15 bits per heavy atom. The number of ether oxygens (including phenoxy) is 2. The van der Waals surface area contributed by atoms with Crippen LogP contribution in [0.15, 0.2) is 36.4 Å². The summed E-state index contributed by atoms with van der Waals surface area (Å²) in [6.45, 7) is 8.67. The van der Waals surface area contributed by atoms with Gasteiger partial charge in [-0.15, -0.1) is 0 Å². The van der Waals surface area contributed by atoms with E-state index < -0.39 is 0 Å². The van der Waals surface area contributed by atoms with Crippen molar-refractivity contribution in [2.45, 2.75) is 46.6 Å². The fourth-order valence-electron chi connectivity index (χ4n) is 3.40. The van der Waals surface area contributed by atoms with E-state index in [9.17, 15) is 4.79 Å². The Morgan fingerprint density at radius 3 is 2.89 bits per heavy atom. The minimum atomic E-state index is -0.156. The summed E-state index contributed by atoms with van der Waals surface area (Å²) in [5.74, 6) is 1.50. The van der Waals surface area contributed by atoms with Crippen LogP contribution in [0, 0.1) is 6.92 Å². The zero-order chi connectivity index (χ0) is 19.4. The highest BCUT2D eigenvalue weighted by Crippen LogP contribution is 2.35. The predicted octanol–water partition coefficient (Wildman–Crippen LogP) is 4.93. The van der Waals surface area contributed by atoms with E-state index in [1.54, 1.807) is 12.2 Å². The van der Waals surface area contributed by atoms with Crippen molar-refractivity contribution in [3.63, 3.8) is 0 Å². The second kappa shape index (κ2) is 8.30. The van der Waals surface area contributed by atoms with Crippen LogP contribution in [0.5, 0.6) is 11.5 Å². The van der Waals surface area contributed by atoms with Crippen LogP contribution in [0.1, 0.15) is 43.0 Å². The molecule has 1 atom stereocenters. The largest absolute Gasteiger partial charge is 0.493 e. The normalized spacial score (nSPS) is 15.5. The van der Waals surface area contributed by atoms with Crippen LogP contribution in [-0.2, 0) is 17.6 Å². The SMILES string of the molecule is CCOc1cc2c(cc1/C=C/C(=O)Nc1c(C)cccc1CC)O[C@H](C)C2. The number of hydrogen-bond acceptors (Lipinski definition) is 3. The maximum Gasteiger partial charge on any atom is 0.248 e. The first-order valence-electron chi connectivity index (χ1n) is 9.55. The smallest absolute Gasteiger partial charge is 0.248 e. The highest BCUT2D eigenvalue weighted by Gasteiger charge is 2.21. The van der Waals surface area contributed by atoms with Crippen LogP contribution < -0.4 is 14.8 Å². The van der Waals surface area contributed by atoms with Gasteiger partial charge in [-0.25, -0.2) is 0 Å². The van der Waals surface area contributed by atoms with Crippen LogP contribution in [0.25, 0.3) is 6.08 Å². The number of hydrogen-bond donors (Lipinski definition) is 1. The molecular weight excluding hydrogens is 338 g/mol. The molecule has 1 N–H and O–H groups in total. The van der Waals surface area contributed by atoms with Gasteiger partial charge in [-0.05, 0) is 56.5 Å². The van der Waals surface area contributed by atoms with Gasteiger partial charge in [0.25, 0.3) is 0 Å². The topological polar surface area (TPSA) is 47.6 Å². The summed E-state index contributed by atoms with van der Waals surface area (Å²) >= 11 is 0. The van der Waals surface area contributed by atoms with Crippen molar-refractivity contribution in [3.8, 4) is 11.5 Å². The highest BCUT2D eigenvalue weighted by atomic mass is 16.5. The molecule has 27 heavy (non-hydrogen) atoms. The van der Waals surface area contributed by atoms with Gasteiger partial charge in [-0.1, -0.05) is 25.1 Å². The number of aryl methyl sites for hydroxylation is 2. The molecule has 1 aliphatic rings. The lowest BCUT2D eigenvalue weighted by atomic mass is 10.1. The van der Waals surface area contributed by atoms with Crippen molar-refractivity contribution < 1.29 is 14.3 Å². The van der Waals surface area contributed by atoms with Crippen LogP contribution in [0.4, 0.5) is 5.69 Å². The van der Waals surface area contributed by atoms with E-state index in [1.807, 2.05) is 44.2 Å².